The zero-order valence-electron chi connectivity index (χ0n) is 16.1. The van der Waals surface area contributed by atoms with E-state index in [0.717, 1.165) is 40.9 Å². The Bertz CT molecular complexity index is 996. The van der Waals surface area contributed by atoms with Crippen LogP contribution in [0.3, 0.4) is 0 Å². The van der Waals surface area contributed by atoms with Crippen LogP contribution in [0.5, 0.6) is 0 Å². The Morgan fingerprint density at radius 1 is 1.18 bits per heavy atom. The second kappa shape index (κ2) is 7.94. The number of para-hydroxylation sites is 1. The lowest BCUT2D eigenvalue weighted by atomic mass is 9.98. The van der Waals surface area contributed by atoms with E-state index in [9.17, 15) is 4.79 Å². The first-order chi connectivity index (χ1) is 13.7. The molecule has 0 unspecified atom stereocenters. The number of aromatic nitrogens is 2. The maximum Gasteiger partial charge on any atom is 0.340 e. The Labute approximate surface area is 164 Å². The first-order valence-corrected chi connectivity index (χ1v) is 9.54. The molecule has 1 saturated heterocycles. The van der Waals surface area contributed by atoms with E-state index in [1.807, 2.05) is 43.3 Å². The van der Waals surface area contributed by atoms with Gasteiger partial charge in [-0.25, -0.2) is 14.8 Å². The minimum atomic E-state index is -0.356. The molecule has 1 aliphatic rings. The molecule has 6 nitrogen and oxygen atoms in total. The molecular formula is C22H23N3O3. The lowest BCUT2D eigenvalue weighted by Gasteiger charge is -2.27. The van der Waals surface area contributed by atoms with Crippen molar-refractivity contribution in [2.45, 2.75) is 13.8 Å². The van der Waals surface area contributed by atoms with E-state index in [4.69, 9.17) is 14.5 Å². The summed E-state index contributed by atoms with van der Waals surface area (Å²) in [7, 11) is 0. The number of aryl methyl sites for hydroxylation is 1. The second-order valence-electron chi connectivity index (χ2n) is 6.70. The van der Waals surface area contributed by atoms with Gasteiger partial charge in [0.25, 0.3) is 0 Å². The summed E-state index contributed by atoms with van der Waals surface area (Å²) < 4.78 is 10.7. The minimum absolute atomic E-state index is 0.318. The number of ether oxygens (including phenoxy) is 2. The van der Waals surface area contributed by atoms with Crippen molar-refractivity contribution in [3.8, 4) is 11.3 Å². The summed E-state index contributed by atoms with van der Waals surface area (Å²) in [6.45, 7) is 7.14. The summed E-state index contributed by atoms with van der Waals surface area (Å²) >= 11 is 0. The van der Waals surface area contributed by atoms with Gasteiger partial charge in [-0.2, -0.15) is 0 Å². The molecule has 144 valence electrons. The average Bonchev–Trinajstić information content (AvgIpc) is 2.74. The number of hydrogen-bond acceptors (Lipinski definition) is 6. The summed E-state index contributed by atoms with van der Waals surface area (Å²) in [4.78, 5) is 24.3. The highest BCUT2D eigenvalue weighted by Crippen LogP contribution is 2.30. The van der Waals surface area contributed by atoms with Gasteiger partial charge in [0, 0.05) is 30.2 Å². The average molecular weight is 377 g/mol. The van der Waals surface area contributed by atoms with Gasteiger partial charge in [-0.15, -0.1) is 0 Å². The van der Waals surface area contributed by atoms with Crippen molar-refractivity contribution in [3.05, 3.63) is 53.7 Å². The van der Waals surface area contributed by atoms with E-state index in [1.54, 1.807) is 13.1 Å². The predicted molar refractivity (Wildman–Crippen MR) is 109 cm³/mol. The Kier molecular flexibility index (Phi) is 5.21. The molecule has 0 spiro atoms. The van der Waals surface area contributed by atoms with Crippen LogP contribution in [0.25, 0.3) is 22.2 Å². The molecule has 6 heteroatoms. The highest BCUT2D eigenvalue weighted by molar-refractivity contribution is 6.03. The van der Waals surface area contributed by atoms with Crippen LogP contribution in [0, 0.1) is 6.92 Å². The fourth-order valence-corrected chi connectivity index (χ4v) is 3.54. The van der Waals surface area contributed by atoms with Crippen LogP contribution in [-0.2, 0) is 9.47 Å². The van der Waals surface area contributed by atoms with Crippen LogP contribution in [-0.4, -0.2) is 48.8 Å². The molecule has 0 bridgehead atoms. The number of carbonyl (C=O) groups is 1. The predicted octanol–water partition coefficient (Wildman–Crippen LogP) is 3.62. The number of anilines is 1. The summed E-state index contributed by atoms with van der Waals surface area (Å²) in [6, 6.07) is 11.8. The molecule has 0 radical (unpaired) electrons. The molecular weight excluding hydrogens is 354 g/mol. The Balaban J connectivity index is 1.80. The lowest BCUT2D eigenvalue weighted by Crippen LogP contribution is -2.36. The number of carbonyl (C=O) groups excluding carboxylic acids is 1. The minimum Gasteiger partial charge on any atom is -0.462 e. The topological polar surface area (TPSA) is 64.5 Å². The standard InChI is InChI=1S/C22H23N3O3/c1-3-28-22(26)20-15(2)17-6-4-5-7-18(17)24-21(20)16-8-9-19(23-14-16)25-10-12-27-13-11-25/h4-9,14H,3,10-13H2,1-2H3. The highest BCUT2D eigenvalue weighted by atomic mass is 16.5. The fraction of sp³-hybridized carbons (Fsp3) is 0.318. The Morgan fingerprint density at radius 2 is 1.96 bits per heavy atom. The molecule has 3 aromatic rings. The number of hydrogen-bond donors (Lipinski definition) is 0. The van der Waals surface area contributed by atoms with Gasteiger partial charge in [0.1, 0.15) is 5.82 Å². The van der Waals surface area contributed by atoms with Gasteiger partial charge >= 0.3 is 5.97 Å². The third-order valence-corrected chi connectivity index (χ3v) is 4.99. The van der Waals surface area contributed by atoms with E-state index >= 15 is 0 Å². The molecule has 1 aromatic carbocycles. The number of pyridine rings is 2. The van der Waals surface area contributed by atoms with E-state index in [1.165, 1.54) is 0 Å². The number of benzene rings is 1. The van der Waals surface area contributed by atoms with Crippen molar-refractivity contribution >= 4 is 22.7 Å². The maximum atomic E-state index is 12.7. The molecule has 0 atom stereocenters. The van der Waals surface area contributed by atoms with Crippen molar-refractivity contribution in [2.75, 3.05) is 37.8 Å². The lowest BCUT2D eigenvalue weighted by molar-refractivity contribution is 0.0526. The van der Waals surface area contributed by atoms with E-state index < -0.39 is 0 Å². The highest BCUT2D eigenvalue weighted by Gasteiger charge is 2.21. The van der Waals surface area contributed by atoms with Crippen molar-refractivity contribution < 1.29 is 14.3 Å². The van der Waals surface area contributed by atoms with Gasteiger partial charge < -0.3 is 14.4 Å². The zero-order chi connectivity index (χ0) is 19.5. The summed E-state index contributed by atoms with van der Waals surface area (Å²) in [5.74, 6) is 0.549. The van der Waals surface area contributed by atoms with Crippen LogP contribution < -0.4 is 4.90 Å². The molecule has 1 fully saturated rings. The molecule has 0 saturated carbocycles. The Morgan fingerprint density at radius 3 is 2.68 bits per heavy atom. The zero-order valence-corrected chi connectivity index (χ0v) is 16.1. The summed E-state index contributed by atoms with van der Waals surface area (Å²) in [5.41, 5.74) is 3.63. The third kappa shape index (κ3) is 3.43. The van der Waals surface area contributed by atoms with Crippen LogP contribution in [0.15, 0.2) is 42.6 Å². The van der Waals surface area contributed by atoms with Crippen LogP contribution in [0.2, 0.25) is 0 Å². The van der Waals surface area contributed by atoms with Gasteiger partial charge in [0.2, 0.25) is 0 Å². The fourth-order valence-electron chi connectivity index (χ4n) is 3.54. The second-order valence-corrected chi connectivity index (χ2v) is 6.70. The van der Waals surface area contributed by atoms with Crippen LogP contribution in [0.1, 0.15) is 22.8 Å². The SMILES string of the molecule is CCOC(=O)c1c(-c2ccc(N3CCOCC3)nc2)nc2ccccc2c1C. The van der Waals surface area contributed by atoms with Crippen LogP contribution in [0.4, 0.5) is 5.82 Å². The summed E-state index contributed by atoms with van der Waals surface area (Å²) in [6.07, 6.45) is 1.78. The number of morpholine rings is 1. The number of nitrogens with zero attached hydrogens (tertiary/aromatic N) is 3. The van der Waals surface area contributed by atoms with Gasteiger partial charge in [0.05, 0.1) is 36.6 Å². The van der Waals surface area contributed by atoms with Crippen LogP contribution >= 0.6 is 0 Å². The largest absolute Gasteiger partial charge is 0.462 e. The van der Waals surface area contributed by atoms with Gasteiger partial charge in [-0.3, -0.25) is 0 Å². The van der Waals surface area contributed by atoms with Crippen molar-refractivity contribution in [1.29, 1.82) is 0 Å². The molecule has 1 aliphatic heterocycles. The molecule has 28 heavy (non-hydrogen) atoms. The summed E-state index contributed by atoms with van der Waals surface area (Å²) in [5, 5.41) is 0.951. The molecule has 0 aliphatic carbocycles. The molecule has 2 aromatic heterocycles. The smallest absolute Gasteiger partial charge is 0.340 e. The molecule has 4 rings (SSSR count). The van der Waals surface area contributed by atoms with Gasteiger partial charge in [-0.1, -0.05) is 18.2 Å². The number of rotatable bonds is 4. The molecule has 0 amide bonds. The first kappa shape index (κ1) is 18.4. The number of fused-ring (bicyclic) bond motifs is 1. The molecule has 0 N–H and O–H groups in total. The van der Waals surface area contributed by atoms with Crippen molar-refractivity contribution in [2.24, 2.45) is 0 Å². The van der Waals surface area contributed by atoms with E-state index in [2.05, 4.69) is 9.88 Å². The quantitative estimate of drug-likeness (QED) is 0.647. The Hall–Kier alpha value is -2.99. The van der Waals surface area contributed by atoms with Gasteiger partial charge in [-0.05, 0) is 37.6 Å². The number of esters is 1. The van der Waals surface area contributed by atoms with E-state index in [0.29, 0.717) is 31.1 Å². The molecule has 3 heterocycles. The van der Waals surface area contributed by atoms with Gasteiger partial charge in [0.15, 0.2) is 0 Å². The first-order valence-electron chi connectivity index (χ1n) is 9.54. The van der Waals surface area contributed by atoms with Crippen molar-refractivity contribution in [3.63, 3.8) is 0 Å². The monoisotopic (exact) mass is 377 g/mol. The van der Waals surface area contributed by atoms with Crippen molar-refractivity contribution in [1.82, 2.24) is 9.97 Å². The van der Waals surface area contributed by atoms with E-state index in [-0.39, 0.29) is 5.97 Å². The third-order valence-electron chi connectivity index (χ3n) is 4.99. The maximum absolute atomic E-state index is 12.7. The normalized spacial score (nSPS) is 14.3.